The normalized spacial score (nSPS) is 18.2. The van der Waals surface area contributed by atoms with E-state index in [4.69, 9.17) is 28.0 Å². The molecule has 2 aromatic heterocycles. The lowest BCUT2D eigenvalue weighted by atomic mass is 9.80. The van der Waals surface area contributed by atoms with Gasteiger partial charge >= 0.3 is 0 Å². The van der Waals surface area contributed by atoms with Gasteiger partial charge in [0.15, 0.2) is 29.4 Å². The minimum absolute atomic E-state index is 0.0690. The first kappa shape index (κ1) is 45.1. The molecule has 0 radical (unpaired) electrons. The number of hydrogen-bond donors (Lipinski definition) is 1. The van der Waals surface area contributed by atoms with Gasteiger partial charge in [-0.05, 0) is 80.8 Å². The molecular formula is C46H50FN8O7P. The molecule has 1 aliphatic rings. The molecule has 4 aromatic carbocycles. The first-order valence-electron chi connectivity index (χ1n) is 20.5. The minimum atomic E-state index is -1.95. The molecule has 3 heterocycles. The van der Waals surface area contributed by atoms with Gasteiger partial charge in [-0.3, -0.25) is 4.79 Å². The molecular weight excluding hydrogens is 827 g/mol. The summed E-state index contributed by atoms with van der Waals surface area (Å²) in [6, 6.07) is 35.5. The van der Waals surface area contributed by atoms with E-state index in [1.807, 2.05) is 111 Å². The summed E-state index contributed by atoms with van der Waals surface area (Å²) >= 11 is 0. The van der Waals surface area contributed by atoms with Gasteiger partial charge in [0.05, 0.1) is 39.9 Å². The summed E-state index contributed by atoms with van der Waals surface area (Å²) in [6.07, 6.45) is -4.31. The number of rotatable bonds is 19. The summed E-state index contributed by atoms with van der Waals surface area (Å²) in [5, 5.41) is 20.8. The highest BCUT2D eigenvalue weighted by molar-refractivity contribution is 7.44. The summed E-state index contributed by atoms with van der Waals surface area (Å²) in [4.78, 5) is 21.8. The van der Waals surface area contributed by atoms with E-state index in [1.165, 1.54) is 11.0 Å². The maximum absolute atomic E-state index is 17.6. The summed E-state index contributed by atoms with van der Waals surface area (Å²) < 4.78 is 58.9. The van der Waals surface area contributed by atoms with Gasteiger partial charge in [0.1, 0.15) is 35.6 Å². The van der Waals surface area contributed by atoms with Gasteiger partial charge in [-0.2, -0.15) is 9.94 Å². The van der Waals surface area contributed by atoms with Crippen LogP contribution >= 0.6 is 8.53 Å². The minimum Gasteiger partial charge on any atom is -0.497 e. The van der Waals surface area contributed by atoms with E-state index in [9.17, 15) is 10.1 Å². The molecule has 1 amide bonds. The molecule has 0 saturated carbocycles. The number of benzene rings is 4. The van der Waals surface area contributed by atoms with E-state index in [-0.39, 0.29) is 48.7 Å². The van der Waals surface area contributed by atoms with Crippen molar-refractivity contribution in [3.63, 3.8) is 0 Å². The molecule has 0 spiro atoms. The Morgan fingerprint density at radius 1 is 0.889 bits per heavy atom. The number of hydrogen-bond acceptors (Lipinski definition) is 13. The second-order valence-electron chi connectivity index (χ2n) is 15.2. The van der Waals surface area contributed by atoms with Gasteiger partial charge < -0.3 is 33.3 Å². The van der Waals surface area contributed by atoms with Crippen molar-refractivity contribution in [3.05, 3.63) is 138 Å². The van der Waals surface area contributed by atoms with Crippen LogP contribution in [-0.2, 0) is 24.1 Å². The van der Waals surface area contributed by atoms with Crippen molar-refractivity contribution >= 4 is 31.4 Å². The Bertz CT molecular complexity index is 2400. The van der Waals surface area contributed by atoms with Crippen molar-refractivity contribution in [2.75, 3.05) is 32.8 Å². The van der Waals surface area contributed by atoms with E-state index in [2.05, 4.69) is 31.7 Å². The van der Waals surface area contributed by atoms with E-state index >= 15 is 4.39 Å². The van der Waals surface area contributed by atoms with Crippen LogP contribution in [0.2, 0.25) is 0 Å². The smallest absolute Gasteiger partial charge is 0.259 e. The van der Waals surface area contributed by atoms with Crippen LogP contribution in [0.5, 0.6) is 11.5 Å². The van der Waals surface area contributed by atoms with Crippen molar-refractivity contribution in [1.82, 2.24) is 29.6 Å². The number of fused-ring (bicyclic) bond motifs is 1. The first-order valence-corrected chi connectivity index (χ1v) is 21.7. The van der Waals surface area contributed by atoms with Crippen molar-refractivity contribution < 1.29 is 37.2 Å². The predicted molar refractivity (Wildman–Crippen MR) is 235 cm³/mol. The SMILES string of the molecule is COc1ccc(C(OC[C@H]2O[C@@H](n3nnc4c(NC(=O)c5ccccc5)ncnc43)[C@H](F)[C@@H]2OP(OCCC#N)N(C(C)C)C(C)C)(c2ccccc2)c2ccc(OC)cc2)cc1. The van der Waals surface area contributed by atoms with E-state index in [0.717, 1.165) is 16.7 Å². The third-order valence-electron chi connectivity index (χ3n) is 10.5. The fourth-order valence-corrected chi connectivity index (χ4v) is 9.39. The molecule has 1 saturated heterocycles. The highest BCUT2D eigenvalue weighted by atomic mass is 31.2. The van der Waals surface area contributed by atoms with Crippen molar-refractivity contribution in [3.8, 4) is 17.6 Å². The van der Waals surface area contributed by atoms with Crippen molar-refractivity contribution in [2.24, 2.45) is 0 Å². The molecule has 1 fully saturated rings. The number of nitriles is 1. The number of amides is 1. The number of alkyl halides is 1. The molecule has 1 unspecified atom stereocenters. The molecule has 6 aromatic rings. The van der Waals surface area contributed by atoms with Gasteiger partial charge in [0.2, 0.25) is 0 Å². The Labute approximate surface area is 367 Å². The maximum Gasteiger partial charge on any atom is 0.259 e. The van der Waals surface area contributed by atoms with Crippen LogP contribution in [0.3, 0.4) is 0 Å². The maximum atomic E-state index is 17.6. The number of anilines is 1. The zero-order chi connectivity index (χ0) is 44.5. The van der Waals surface area contributed by atoms with Gasteiger partial charge in [0, 0.05) is 17.6 Å². The topological polar surface area (TPSA) is 168 Å². The predicted octanol–water partition coefficient (Wildman–Crippen LogP) is 8.40. The summed E-state index contributed by atoms with van der Waals surface area (Å²) in [5.41, 5.74) is 1.71. The van der Waals surface area contributed by atoms with Gasteiger partial charge in [-0.25, -0.2) is 19.0 Å². The highest BCUT2D eigenvalue weighted by Crippen LogP contribution is 2.51. The third-order valence-corrected chi connectivity index (χ3v) is 12.7. The zero-order valence-corrected chi connectivity index (χ0v) is 36.8. The zero-order valence-electron chi connectivity index (χ0n) is 35.9. The summed E-state index contributed by atoms with van der Waals surface area (Å²) in [7, 11) is 1.26. The lowest BCUT2D eigenvalue weighted by Crippen LogP contribution is -2.41. The Morgan fingerprint density at radius 2 is 1.48 bits per heavy atom. The molecule has 17 heteroatoms. The second kappa shape index (κ2) is 20.5. The van der Waals surface area contributed by atoms with Crippen molar-refractivity contribution in [2.45, 2.75) is 76.4 Å². The Kier molecular flexibility index (Phi) is 14.7. The number of nitrogens with zero attached hydrogens (tertiary/aromatic N) is 7. The van der Waals surface area contributed by atoms with Crippen LogP contribution in [0.4, 0.5) is 10.2 Å². The number of ether oxygens (including phenoxy) is 4. The average Bonchev–Trinajstić information content (AvgIpc) is 3.87. The van der Waals surface area contributed by atoms with Gasteiger partial charge in [0.25, 0.3) is 14.4 Å². The number of nitrogens with one attached hydrogen (secondary N) is 1. The highest BCUT2D eigenvalue weighted by Gasteiger charge is 2.52. The molecule has 1 N–H and O–H groups in total. The van der Waals surface area contributed by atoms with Crippen LogP contribution in [0.15, 0.2) is 116 Å². The Balaban J connectivity index is 1.31. The largest absolute Gasteiger partial charge is 0.497 e. The first-order chi connectivity index (χ1) is 30.6. The molecule has 328 valence electrons. The lowest BCUT2D eigenvalue weighted by molar-refractivity contribution is -0.0944. The quantitative estimate of drug-likeness (QED) is 0.0468. The molecule has 5 atom stereocenters. The number of halogens is 1. The fourth-order valence-electron chi connectivity index (χ4n) is 7.63. The van der Waals surface area contributed by atoms with E-state index < -0.39 is 44.6 Å². The molecule has 15 nitrogen and oxygen atoms in total. The van der Waals surface area contributed by atoms with E-state index in [0.29, 0.717) is 17.1 Å². The Morgan fingerprint density at radius 3 is 2.05 bits per heavy atom. The van der Waals surface area contributed by atoms with Crippen LogP contribution in [0.25, 0.3) is 11.2 Å². The molecule has 0 bridgehead atoms. The van der Waals surface area contributed by atoms with Crippen molar-refractivity contribution in [1.29, 1.82) is 5.26 Å². The Hall–Kier alpha value is -5.92. The number of carbonyl (C=O) groups is 1. The van der Waals surface area contributed by atoms with Crippen LogP contribution in [-0.4, -0.2) is 93.4 Å². The monoisotopic (exact) mass is 876 g/mol. The van der Waals surface area contributed by atoms with Crippen LogP contribution in [0, 0.1) is 11.3 Å². The van der Waals surface area contributed by atoms with Crippen LogP contribution < -0.4 is 14.8 Å². The standard InChI is InChI=1S/C46H50FN8O7P/c1-30(2)55(31(3)4)63(60-27-13-26-48)62-41-38(61-45(39(41)47)54-43-40(52-53-54)42(49-29-50-43)51-44(56)32-14-9-7-10-15-32)28-59-46(33-16-11-8-12-17-33,34-18-22-36(57-5)23-19-34)35-20-24-37(58-6)25-21-35/h7-12,14-25,29-31,38-39,41,45H,13,27-28H2,1-6H3,(H,49,50,51,56)/t38-,39-,41-,45-,63?/m1/s1. The summed E-state index contributed by atoms with van der Waals surface area (Å²) in [6.45, 7) is 7.88. The molecule has 0 aliphatic carbocycles. The third kappa shape index (κ3) is 9.69. The number of aromatic nitrogens is 5. The van der Waals surface area contributed by atoms with E-state index in [1.54, 1.807) is 44.6 Å². The van der Waals surface area contributed by atoms with Gasteiger partial charge in [-0.1, -0.05) is 78.0 Å². The number of methoxy groups -OCH3 is 2. The second-order valence-corrected chi connectivity index (χ2v) is 16.6. The molecule has 1 aliphatic heterocycles. The summed E-state index contributed by atoms with van der Waals surface area (Å²) in [5.74, 6) is 0.980. The van der Waals surface area contributed by atoms with Gasteiger partial charge in [-0.15, -0.1) is 5.10 Å². The average molecular weight is 877 g/mol. The fraction of sp³-hybridized carbons (Fsp3) is 0.348. The number of carbonyl (C=O) groups excluding carboxylic acids is 1. The molecule has 7 rings (SSSR count). The molecule has 63 heavy (non-hydrogen) atoms. The lowest BCUT2D eigenvalue weighted by Gasteiger charge is -2.39. The van der Waals surface area contributed by atoms with Crippen LogP contribution in [0.1, 0.15) is 67.4 Å².